The smallest absolute Gasteiger partial charge is 0.0407 e. The largest absolute Gasteiger partial charge is 0.122 e. The Labute approximate surface area is 66.1 Å². The van der Waals surface area contributed by atoms with E-state index >= 15 is 0 Å². The van der Waals surface area contributed by atoms with Crippen LogP contribution >= 0.6 is 11.6 Å². The van der Waals surface area contributed by atoms with E-state index in [1.165, 1.54) is 5.56 Å². The molecule has 10 heavy (non-hydrogen) atoms. The Morgan fingerprint density at radius 1 is 1.20 bits per heavy atom. The summed E-state index contributed by atoms with van der Waals surface area (Å²) in [6.07, 6.45) is 3.93. The van der Waals surface area contributed by atoms with Gasteiger partial charge in [-0.3, -0.25) is 0 Å². The molecule has 0 aliphatic heterocycles. The van der Waals surface area contributed by atoms with E-state index in [-0.39, 0.29) is 0 Å². The van der Waals surface area contributed by atoms with E-state index in [9.17, 15) is 0 Å². The van der Waals surface area contributed by atoms with Crippen LogP contribution in [-0.2, 0) is 0 Å². The first kappa shape index (κ1) is 7.36. The Bertz CT molecular complexity index is 201. The van der Waals surface area contributed by atoms with Gasteiger partial charge in [0.1, 0.15) is 0 Å². The van der Waals surface area contributed by atoms with Crippen molar-refractivity contribution < 1.29 is 0 Å². The van der Waals surface area contributed by atoms with Crippen molar-refractivity contribution in [2.75, 3.05) is 5.88 Å². The van der Waals surface area contributed by atoms with Gasteiger partial charge in [-0.25, -0.2) is 0 Å². The molecule has 0 amide bonds. The highest BCUT2D eigenvalue weighted by Crippen LogP contribution is 2.00. The zero-order chi connectivity index (χ0) is 7.23. The Hall–Kier alpha value is -0.750. The fourth-order valence-corrected chi connectivity index (χ4v) is 0.834. The molecule has 0 radical (unpaired) electrons. The number of alkyl halides is 1. The molecule has 0 aliphatic rings. The normalized spacial score (nSPS) is 10.5. The standard InChI is InChI=1S/C9H9Cl/c10-8-4-7-9-5-2-1-3-6-9/h1-7H,8H2/b7-4-. The maximum atomic E-state index is 5.46. The topological polar surface area (TPSA) is 0 Å². The predicted octanol–water partition coefficient (Wildman–Crippen LogP) is 2.94. The highest BCUT2D eigenvalue weighted by atomic mass is 35.5. The van der Waals surface area contributed by atoms with E-state index in [1.807, 2.05) is 42.5 Å². The van der Waals surface area contributed by atoms with Gasteiger partial charge in [0.15, 0.2) is 0 Å². The lowest BCUT2D eigenvalue weighted by Crippen LogP contribution is -1.67. The Morgan fingerprint density at radius 2 is 1.90 bits per heavy atom. The van der Waals surface area contributed by atoms with Crippen LogP contribution in [0.25, 0.3) is 6.08 Å². The van der Waals surface area contributed by atoms with Crippen molar-refractivity contribution >= 4 is 17.7 Å². The molecule has 0 fully saturated rings. The second-order valence-electron chi connectivity index (χ2n) is 1.97. The molecule has 0 nitrogen and oxygen atoms in total. The lowest BCUT2D eigenvalue weighted by atomic mass is 10.2. The van der Waals surface area contributed by atoms with Crippen molar-refractivity contribution in [2.45, 2.75) is 0 Å². The van der Waals surface area contributed by atoms with Crippen LogP contribution in [0.5, 0.6) is 0 Å². The van der Waals surface area contributed by atoms with Crippen LogP contribution in [0.3, 0.4) is 0 Å². The van der Waals surface area contributed by atoms with E-state index in [0.717, 1.165) is 0 Å². The molecular weight excluding hydrogens is 144 g/mol. The fourth-order valence-electron chi connectivity index (χ4n) is 0.745. The van der Waals surface area contributed by atoms with E-state index < -0.39 is 0 Å². The van der Waals surface area contributed by atoms with Crippen LogP contribution < -0.4 is 0 Å². The lowest BCUT2D eigenvalue weighted by molar-refractivity contribution is 1.65. The Morgan fingerprint density at radius 3 is 2.50 bits per heavy atom. The average Bonchev–Trinajstić information content (AvgIpc) is 2.03. The third-order valence-electron chi connectivity index (χ3n) is 1.20. The molecule has 1 rings (SSSR count). The molecule has 0 saturated heterocycles. The third kappa shape index (κ3) is 2.24. The second-order valence-corrected chi connectivity index (χ2v) is 2.28. The molecule has 0 aromatic heterocycles. The molecule has 0 heterocycles. The second kappa shape index (κ2) is 4.13. The van der Waals surface area contributed by atoms with Gasteiger partial charge in [0.2, 0.25) is 0 Å². The summed E-state index contributed by atoms with van der Waals surface area (Å²) in [5, 5.41) is 0. The number of hydrogen-bond donors (Lipinski definition) is 0. The molecule has 52 valence electrons. The number of benzene rings is 1. The molecule has 0 N–H and O–H groups in total. The summed E-state index contributed by atoms with van der Waals surface area (Å²) < 4.78 is 0. The van der Waals surface area contributed by atoms with Crippen molar-refractivity contribution in [3.8, 4) is 0 Å². The molecule has 0 atom stereocenters. The van der Waals surface area contributed by atoms with Crippen molar-refractivity contribution in [1.82, 2.24) is 0 Å². The third-order valence-corrected chi connectivity index (χ3v) is 1.38. The van der Waals surface area contributed by atoms with Crippen LogP contribution in [-0.4, -0.2) is 5.88 Å². The number of rotatable bonds is 2. The van der Waals surface area contributed by atoms with E-state index in [4.69, 9.17) is 11.6 Å². The average molecular weight is 153 g/mol. The molecule has 1 heteroatoms. The molecule has 0 bridgehead atoms. The predicted molar refractivity (Wildman–Crippen MR) is 46.2 cm³/mol. The Balaban J connectivity index is 2.67. The number of allylic oxidation sites excluding steroid dienone is 1. The van der Waals surface area contributed by atoms with Crippen molar-refractivity contribution in [2.24, 2.45) is 0 Å². The van der Waals surface area contributed by atoms with Crippen LogP contribution in [0.1, 0.15) is 5.56 Å². The highest BCUT2D eigenvalue weighted by Gasteiger charge is 1.79. The molecule has 0 aliphatic carbocycles. The van der Waals surface area contributed by atoms with Gasteiger partial charge in [-0.2, -0.15) is 0 Å². The molecule has 0 saturated carbocycles. The fraction of sp³-hybridized carbons (Fsp3) is 0.111. The van der Waals surface area contributed by atoms with Crippen LogP contribution in [0.2, 0.25) is 0 Å². The monoisotopic (exact) mass is 152 g/mol. The minimum absolute atomic E-state index is 0.578. The van der Waals surface area contributed by atoms with Crippen molar-refractivity contribution in [3.63, 3.8) is 0 Å². The SMILES string of the molecule is ClC/C=C\c1ccccc1. The summed E-state index contributed by atoms with van der Waals surface area (Å²) in [6.45, 7) is 0. The molecule has 0 unspecified atom stereocenters. The van der Waals surface area contributed by atoms with Gasteiger partial charge in [0.25, 0.3) is 0 Å². The number of hydrogen-bond acceptors (Lipinski definition) is 0. The summed E-state index contributed by atoms with van der Waals surface area (Å²) in [5.74, 6) is 0.578. The van der Waals surface area contributed by atoms with Crippen LogP contribution in [0, 0.1) is 0 Å². The van der Waals surface area contributed by atoms with Gasteiger partial charge in [-0.15, -0.1) is 11.6 Å². The summed E-state index contributed by atoms with van der Waals surface area (Å²) in [6, 6.07) is 10.1. The maximum absolute atomic E-state index is 5.46. The number of halogens is 1. The van der Waals surface area contributed by atoms with E-state index in [1.54, 1.807) is 0 Å². The minimum Gasteiger partial charge on any atom is -0.122 e. The van der Waals surface area contributed by atoms with Crippen LogP contribution in [0.4, 0.5) is 0 Å². The van der Waals surface area contributed by atoms with Gasteiger partial charge in [-0.1, -0.05) is 42.5 Å². The molecule has 1 aromatic carbocycles. The molecular formula is C9H9Cl. The first-order valence-electron chi connectivity index (χ1n) is 3.21. The van der Waals surface area contributed by atoms with E-state index in [0.29, 0.717) is 5.88 Å². The first-order chi connectivity index (χ1) is 4.93. The summed E-state index contributed by atoms with van der Waals surface area (Å²) in [7, 11) is 0. The maximum Gasteiger partial charge on any atom is 0.0407 e. The van der Waals surface area contributed by atoms with Crippen LogP contribution in [0.15, 0.2) is 36.4 Å². The lowest BCUT2D eigenvalue weighted by Gasteiger charge is -1.87. The van der Waals surface area contributed by atoms with Crippen molar-refractivity contribution in [1.29, 1.82) is 0 Å². The Kier molecular flexibility index (Phi) is 3.04. The summed E-state index contributed by atoms with van der Waals surface area (Å²) in [4.78, 5) is 0. The van der Waals surface area contributed by atoms with Gasteiger partial charge < -0.3 is 0 Å². The summed E-state index contributed by atoms with van der Waals surface area (Å²) in [5.41, 5.74) is 1.20. The zero-order valence-corrected chi connectivity index (χ0v) is 6.38. The van der Waals surface area contributed by atoms with Crippen molar-refractivity contribution in [3.05, 3.63) is 42.0 Å². The molecule has 1 aromatic rings. The van der Waals surface area contributed by atoms with Gasteiger partial charge in [0.05, 0.1) is 0 Å². The van der Waals surface area contributed by atoms with E-state index in [2.05, 4.69) is 0 Å². The molecule has 0 spiro atoms. The highest BCUT2D eigenvalue weighted by molar-refractivity contribution is 6.19. The van der Waals surface area contributed by atoms with Gasteiger partial charge >= 0.3 is 0 Å². The van der Waals surface area contributed by atoms with Gasteiger partial charge in [0, 0.05) is 5.88 Å². The first-order valence-corrected chi connectivity index (χ1v) is 3.74. The summed E-state index contributed by atoms with van der Waals surface area (Å²) >= 11 is 5.46. The minimum atomic E-state index is 0.578. The quantitative estimate of drug-likeness (QED) is 0.572. The van der Waals surface area contributed by atoms with Gasteiger partial charge in [-0.05, 0) is 5.56 Å². The zero-order valence-electron chi connectivity index (χ0n) is 5.63.